The van der Waals surface area contributed by atoms with Gasteiger partial charge in [-0.15, -0.1) is 0 Å². The van der Waals surface area contributed by atoms with Crippen LogP contribution in [0.1, 0.15) is 40.0 Å². The Morgan fingerprint density at radius 3 is 2.06 bits per heavy atom. The van der Waals surface area contributed by atoms with Crippen molar-refractivity contribution in [3.05, 3.63) is 24.3 Å². The van der Waals surface area contributed by atoms with E-state index < -0.39 is 9.84 Å². The normalized spacial score (nSPS) is 11.8. The van der Waals surface area contributed by atoms with Gasteiger partial charge in [-0.05, 0) is 43.5 Å². The lowest BCUT2D eigenvalue weighted by Gasteiger charge is -2.16. The molecule has 0 aliphatic carbocycles. The minimum atomic E-state index is -3.09. The van der Waals surface area contributed by atoms with Gasteiger partial charge in [0.2, 0.25) is 0 Å². The fourth-order valence-corrected chi connectivity index (χ4v) is 3.20. The first-order chi connectivity index (χ1) is 8.53. The molecule has 1 aromatic rings. The summed E-state index contributed by atoms with van der Waals surface area (Å²) in [5.41, 5.74) is 0.985. The maximum Gasteiger partial charge on any atom is 0.178 e. The fraction of sp³-hybridized carbons (Fsp3) is 0.571. The minimum Gasteiger partial charge on any atom is -0.382 e. The van der Waals surface area contributed by atoms with Crippen molar-refractivity contribution in [3.8, 4) is 0 Å². The average Bonchev–Trinajstić information content (AvgIpc) is 2.36. The van der Waals surface area contributed by atoms with Gasteiger partial charge < -0.3 is 5.32 Å². The maximum atomic E-state index is 11.9. The SMILES string of the molecule is CCCS(=O)(=O)c1ccc(NC(CC)CC)cc1. The van der Waals surface area contributed by atoms with Crippen LogP contribution in [0, 0.1) is 0 Å². The number of benzene rings is 1. The van der Waals surface area contributed by atoms with E-state index in [0.717, 1.165) is 18.5 Å². The van der Waals surface area contributed by atoms with Crippen LogP contribution in [0.15, 0.2) is 29.2 Å². The van der Waals surface area contributed by atoms with E-state index in [2.05, 4.69) is 19.2 Å². The van der Waals surface area contributed by atoms with E-state index in [1.807, 2.05) is 19.1 Å². The van der Waals surface area contributed by atoms with E-state index in [4.69, 9.17) is 0 Å². The molecule has 0 radical (unpaired) electrons. The molecule has 0 amide bonds. The summed E-state index contributed by atoms with van der Waals surface area (Å²) >= 11 is 0. The van der Waals surface area contributed by atoms with Crippen LogP contribution in [0.4, 0.5) is 5.69 Å². The standard InChI is InChI=1S/C14H23NO2S/c1-4-11-18(16,17)14-9-7-13(8-10-14)15-12(5-2)6-3/h7-10,12,15H,4-6,11H2,1-3H3. The zero-order valence-electron chi connectivity index (χ0n) is 11.4. The Balaban J connectivity index is 2.80. The third kappa shape index (κ3) is 4.02. The van der Waals surface area contributed by atoms with Crippen LogP contribution in [0.3, 0.4) is 0 Å². The fourth-order valence-electron chi connectivity index (χ4n) is 1.87. The smallest absolute Gasteiger partial charge is 0.178 e. The van der Waals surface area contributed by atoms with E-state index in [0.29, 0.717) is 17.4 Å². The summed E-state index contributed by atoms with van der Waals surface area (Å²) < 4.78 is 23.7. The van der Waals surface area contributed by atoms with Gasteiger partial charge >= 0.3 is 0 Å². The second-order valence-corrected chi connectivity index (χ2v) is 6.61. The number of hydrogen-bond acceptors (Lipinski definition) is 3. The van der Waals surface area contributed by atoms with Gasteiger partial charge in [-0.2, -0.15) is 0 Å². The molecule has 1 rings (SSSR count). The molecule has 0 spiro atoms. The maximum absolute atomic E-state index is 11.9. The molecule has 0 unspecified atom stereocenters. The molecule has 3 nitrogen and oxygen atoms in total. The minimum absolute atomic E-state index is 0.215. The lowest BCUT2D eigenvalue weighted by atomic mass is 10.1. The molecule has 1 aromatic carbocycles. The summed E-state index contributed by atoms with van der Waals surface area (Å²) in [5.74, 6) is 0.215. The molecule has 0 saturated carbocycles. The van der Waals surface area contributed by atoms with Crippen LogP contribution in [-0.4, -0.2) is 20.2 Å². The van der Waals surface area contributed by atoms with E-state index in [-0.39, 0.29) is 5.75 Å². The highest BCUT2D eigenvalue weighted by atomic mass is 32.2. The molecular formula is C14H23NO2S. The van der Waals surface area contributed by atoms with Crippen molar-refractivity contribution in [3.63, 3.8) is 0 Å². The topological polar surface area (TPSA) is 46.2 Å². The van der Waals surface area contributed by atoms with Crippen LogP contribution >= 0.6 is 0 Å². The first-order valence-electron chi connectivity index (χ1n) is 6.62. The number of rotatable bonds is 7. The first-order valence-corrected chi connectivity index (χ1v) is 8.28. The Kier molecular flexibility index (Phi) is 5.66. The van der Waals surface area contributed by atoms with Crippen molar-refractivity contribution >= 4 is 15.5 Å². The zero-order chi connectivity index (χ0) is 13.6. The van der Waals surface area contributed by atoms with Crippen LogP contribution in [0.25, 0.3) is 0 Å². The number of anilines is 1. The van der Waals surface area contributed by atoms with Gasteiger partial charge in [0, 0.05) is 11.7 Å². The van der Waals surface area contributed by atoms with Gasteiger partial charge in [-0.25, -0.2) is 8.42 Å². The Labute approximate surface area is 111 Å². The second-order valence-electron chi connectivity index (χ2n) is 4.50. The predicted octanol–water partition coefficient (Wildman–Crippen LogP) is 3.47. The average molecular weight is 269 g/mol. The molecule has 0 bridgehead atoms. The molecule has 0 heterocycles. The molecular weight excluding hydrogens is 246 g/mol. The lowest BCUT2D eigenvalue weighted by Crippen LogP contribution is -2.16. The van der Waals surface area contributed by atoms with Crippen LogP contribution in [-0.2, 0) is 9.84 Å². The zero-order valence-corrected chi connectivity index (χ0v) is 12.3. The Morgan fingerprint density at radius 2 is 1.61 bits per heavy atom. The molecule has 0 aromatic heterocycles. The number of nitrogens with one attached hydrogen (secondary N) is 1. The van der Waals surface area contributed by atoms with Gasteiger partial charge in [0.25, 0.3) is 0 Å². The monoisotopic (exact) mass is 269 g/mol. The Morgan fingerprint density at radius 1 is 1.06 bits per heavy atom. The molecule has 0 atom stereocenters. The molecule has 18 heavy (non-hydrogen) atoms. The molecule has 0 aliphatic rings. The van der Waals surface area contributed by atoms with E-state index in [1.54, 1.807) is 12.1 Å². The first kappa shape index (κ1) is 15.0. The quantitative estimate of drug-likeness (QED) is 0.824. The Bertz CT molecular complexity index is 447. The van der Waals surface area contributed by atoms with Gasteiger partial charge in [0.1, 0.15) is 0 Å². The summed E-state index contributed by atoms with van der Waals surface area (Å²) in [6.07, 6.45) is 2.77. The van der Waals surface area contributed by atoms with Crippen LogP contribution in [0.5, 0.6) is 0 Å². The van der Waals surface area contributed by atoms with Gasteiger partial charge in [0.05, 0.1) is 10.6 Å². The number of sulfone groups is 1. The van der Waals surface area contributed by atoms with Crippen molar-refractivity contribution in [1.82, 2.24) is 0 Å². The van der Waals surface area contributed by atoms with Crippen LogP contribution < -0.4 is 5.32 Å². The third-order valence-corrected chi connectivity index (χ3v) is 4.98. The summed E-state index contributed by atoms with van der Waals surface area (Å²) in [5, 5.41) is 3.39. The van der Waals surface area contributed by atoms with Crippen LogP contribution in [0.2, 0.25) is 0 Å². The van der Waals surface area contributed by atoms with Gasteiger partial charge in [0.15, 0.2) is 9.84 Å². The highest BCUT2D eigenvalue weighted by Gasteiger charge is 2.12. The molecule has 102 valence electrons. The number of hydrogen-bond donors (Lipinski definition) is 1. The van der Waals surface area contributed by atoms with Crippen molar-refractivity contribution in [2.45, 2.75) is 51.0 Å². The van der Waals surface area contributed by atoms with Gasteiger partial charge in [-0.3, -0.25) is 0 Å². The van der Waals surface area contributed by atoms with E-state index in [1.165, 1.54) is 0 Å². The van der Waals surface area contributed by atoms with Crippen molar-refractivity contribution in [2.24, 2.45) is 0 Å². The molecule has 0 aliphatic heterocycles. The summed E-state index contributed by atoms with van der Waals surface area (Å²) in [4.78, 5) is 0.416. The van der Waals surface area contributed by atoms with Crippen molar-refractivity contribution in [2.75, 3.05) is 11.1 Å². The van der Waals surface area contributed by atoms with E-state index in [9.17, 15) is 8.42 Å². The second kappa shape index (κ2) is 6.78. The van der Waals surface area contributed by atoms with Crippen molar-refractivity contribution in [1.29, 1.82) is 0 Å². The largest absolute Gasteiger partial charge is 0.382 e. The molecule has 1 N–H and O–H groups in total. The molecule has 4 heteroatoms. The lowest BCUT2D eigenvalue weighted by molar-refractivity contribution is 0.594. The summed E-state index contributed by atoms with van der Waals surface area (Å²) in [6, 6.07) is 7.52. The third-order valence-electron chi connectivity index (χ3n) is 3.04. The van der Waals surface area contributed by atoms with E-state index >= 15 is 0 Å². The highest BCUT2D eigenvalue weighted by molar-refractivity contribution is 7.91. The van der Waals surface area contributed by atoms with Gasteiger partial charge in [-0.1, -0.05) is 20.8 Å². The molecule has 0 saturated heterocycles. The van der Waals surface area contributed by atoms with Crippen molar-refractivity contribution < 1.29 is 8.42 Å². The summed E-state index contributed by atoms with van der Waals surface area (Å²) in [7, 11) is -3.09. The Hall–Kier alpha value is -1.03. The summed E-state index contributed by atoms with van der Waals surface area (Å²) in [6.45, 7) is 6.16. The molecule has 0 fully saturated rings. The predicted molar refractivity (Wildman–Crippen MR) is 76.8 cm³/mol. The highest BCUT2D eigenvalue weighted by Crippen LogP contribution is 2.17.